The van der Waals surface area contributed by atoms with Gasteiger partial charge in [0.25, 0.3) is 11.6 Å². The molecule has 0 saturated heterocycles. The molecule has 7 heteroatoms. The van der Waals surface area contributed by atoms with Crippen molar-refractivity contribution >= 4 is 29.3 Å². The van der Waals surface area contributed by atoms with Crippen molar-refractivity contribution in [2.75, 3.05) is 11.9 Å². The first-order valence-corrected chi connectivity index (χ1v) is 7.40. The van der Waals surface area contributed by atoms with E-state index < -0.39 is 23.4 Å². The van der Waals surface area contributed by atoms with Gasteiger partial charge in [0.15, 0.2) is 6.61 Å². The molecule has 0 unspecified atom stereocenters. The highest BCUT2D eigenvalue weighted by Crippen LogP contribution is 2.16. The van der Waals surface area contributed by atoms with Gasteiger partial charge in [-0.15, -0.1) is 0 Å². The van der Waals surface area contributed by atoms with E-state index in [2.05, 4.69) is 5.32 Å². The second-order valence-corrected chi connectivity index (χ2v) is 5.15. The Hall–Kier alpha value is -3.48. The third kappa shape index (κ3) is 5.58. The fourth-order valence-corrected chi connectivity index (χ4v) is 2.01. The second-order valence-electron chi connectivity index (χ2n) is 5.15. The van der Waals surface area contributed by atoms with Crippen LogP contribution in [-0.2, 0) is 14.3 Å². The lowest BCUT2D eigenvalue weighted by molar-refractivity contribution is -0.384. The van der Waals surface area contributed by atoms with Crippen LogP contribution in [0.5, 0.6) is 0 Å². The Balaban J connectivity index is 1.85. The Bertz CT molecular complexity index is 830. The summed E-state index contributed by atoms with van der Waals surface area (Å²) in [4.78, 5) is 33.5. The van der Waals surface area contributed by atoms with E-state index in [4.69, 9.17) is 4.74 Å². The molecule has 0 aromatic heterocycles. The average molecular weight is 340 g/mol. The summed E-state index contributed by atoms with van der Waals surface area (Å²) in [5.74, 6) is -1.24. The molecule has 0 radical (unpaired) electrons. The summed E-state index contributed by atoms with van der Waals surface area (Å²) in [6.07, 6.45) is 2.85. The van der Waals surface area contributed by atoms with Crippen LogP contribution in [0.15, 0.2) is 54.6 Å². The minimum Gasteiger partial charge on any atom is -0.452 e. The molecule has 0 atom stereocenters. The van der Waals surface area contributed by atoms with Crippen LogP contribution in [0.2, 0.25) is 0 Å². The zero-order valence-electron chi connectivity index (χ0n) is 13.5. The maximum Gasteiger partial charge on any atom is 0.331 e. The van der Waals surface area contributed by atoms with Gasteiger partial charge in [-0.1, -0.05) is 30.3 Å². The largest absolute Gasteiger partial charge is 0.452 e. The molecule has 0 bridgehead atoms. The van der Waals surface area contributed by atoms with Gasteiger partial charge in [0, 0.05) is 23.9 Å². The van der Waals surface area contributed by atoms with E-state index >= 15 is 0 Å². The van der Waals surface area contributed by atoms with Gasteiger partial charge in [-0.05, 0) is 30.2 Å². The van der Waals surface area contributed by atoms with Crippen LogP contribution in [-0.4, -0.2) is 23.4 Å². The van der Waals surface area contributed by atoms with E-state index in [1.807, 2.05) is 31.2 Å². The topological polar surface area (TPSA) is 98.5 Å². The molecular formula is C18H16N2O5. The maximum atomic E-state index is 11.7. The predicted octanol–water partition coefficient (Wildman–Crippen LogP) is 3.10. The third-order valence-electron chi connectivity index (χ3n) is 3.27. The van der Waals surface area contributed by atoms with Crippen molar-refractivity contribution in [2.45, 2.75) is 6.92 Å². The first-order chi connectivity index (χ1) is 12.0. The quantitative estimate of drug-likeness (QED) is 0.377. The number of nitro benzene ring substituents is 1. The number of benzene rings is 2. The van der Waals surface area contributed by atoms with Crippen molar-refractivity contribution in [1.82, 2.24) is 0 Å². The minimum absolute atomic E-state index is 0.143. The molecule has 2 rings (SSSR count). The highest BCUT2D eigenvalue weighted by Gasteiger charge is 2.09. The van der Waals surface area contributed by atoms with Gasteiger partial charge in [0.05, 0.1) is 4.92 Å². The molecule has 0 spiro atoms. The van der Waals surface area contributed by atoms with Crippen molar-refractivity contribution < 1.29 is 19.2 Å². The molecule has 25 heavy (non-hydrogen) atoms. The molecule has 128 valence electrons. The monoisotopic (exact) mass is 340 g/mol. The number of rotatable bonds is 6. The summed E-state index contributed by atoms with van der Waals surface area (Å²) >= 11 is 0. The molecule has 1 N–H and O–H groups in total. The first kappa shape index (κ1) is 17.9. The van der Waals surface area contributed by atoms with Gasteiger partial charge in [0.1, 0.15) is 0 Å². The van der Waals surface area contributed by atoms with Crippen molar-refractivity contribution in [3.05, 3.63) is 75.8 Å². The van der Waals surface area contributed by atoms with E-state index in [-0.39, 0.29) is 11.4 Å². The molecule has 1 amide bonds. The molecule has 2 aromatic carbocycles. The van der Waals surface area contributed by atoms with Crippen LogP contribution in [0.25, 0.3) is 6.08 Å². The number of ether oxygens (including phenoxy) is 1. The van der Waals surface area contributed by atoms with Crippen LogP contribution >= 0.6 is 0 Å². The zero-order valence-corrected chi connectivity index (χ0v) is 13.5. The van der Waals surface area contributed by atoms with Gasteiger partial charge in [-0.2, -0.15) is 0 Å². The zero-order chi connectivity index (χ0) is 18.2. The summed E-state index contributed by atoms with van der Waals surface area (Å²) in [6, 6.07) is 13.0. The number of carbonyl (C=O) groups is 2. The van der Waals surface area contributed by atoms with E-state index in [1.165, 1.54) is 30.3 Å². The lowest BCUT2D eigenvalue weighted by Crippen LogP contribution is -2.20. The molecule has 0 heterocycles. The summed E-state index contributed by atoms with van der Waals surface area (Å²) in [5, 5.41) is 13.1. The van der Waals surface area contributed by atoms with E-state index in [0.29, 0.717) is 0 Å². The number of hydrogen-bond donors (Lipinski definition) is 1. The summed E-state index contributed by atoms with van der Waals surface area (Å²) in [7, 11) is 0. The molecule has 0 aliphatic carbocycles. The summed E-state index contributed by atoms with van der Waals surface area (Å²) in [5.41, 5.74) is 2.00. The highest BCUT2D eigenvalue weighted by atomic mass is 16.6. The van der Waals surface area contributed by atoms with Gasteiger partial charge < -0.3 is 10.1 Å². The number of anilines is 1. The first-order valence-electron chi connectivity index (χ1n) is 7.40. The summed E-state index contributed by atoms with van der Waals surface area (Å²) in [6.45, 7) is 1.43. The molecule has 0 aliphatic heterocycles. The number of esters is 1. The molecule has 0 saturated carbocycles. The fourth-order valence-electron chi connectivity index (χ4n) is 2.01. The molecule has 7 nitrogen and oxygen atoms in total. The van der Waals surface area contributed by atoms with Gasteiger partial charge >= 0.3 is 5.97 Å². The number of nitro groups is 1. The molecular weight excluding hydrogens is 324 g/mol. The van der Waals surface area contributed by atoms with E-state index in [0.717, 1.165) is 11.1 Å². The van der Waals surface area contributed by atoms with Crippen LogP contribution < -0.4 is 5.32 Å². The number of aryl methyl sites for hydroxylation is 1. The Morgan fingerprint density at radius 2 is 1.96 bits per heavy atom. The van der Waals surface area contributed by atoms with Crippen LogP contribution in [0.1, 0.15) is 11.1 Å². The Morgan fingerprint density at radius 3 is 2.68 bits per heavy atom. The van der Waals surface area contributed by atoms with E-state index in [9.17, 15) is 19.7 Å². The van der Waals surface area contributed by atoms with Crippen molar-refractivity contribution in [3.8, 4) is 0 Å². The highest BCUT2D eigenvalue weighted by molar-refractivity contribution is 5.94. The molecule has 2 aromatic rings. The third-order valence-corrected chi connectivity index (χ3v) is 3.27. The Kier molecular flexibility index (Phi) is 6.00. The van der Waals surface area contributed by atoms with Gasteiger partial charge in [0.2, 0.25) is 0 Å². The predicted molar refractivity (Wildman–Crippen MR) is 92.9 cm³/mol. The number of carbonyl (C=O) groups excluding carboxylic acids is 2. The number of nitrogens with zero attached hydrogens (tertiary/aromatic N) is 1. The molecule has 0 aliphatic rings. The number of hydrogen-bond acceptors (Lipinski definition) is 5. The standard InChI is InChI=1S/C18H16N2O5/c1-13-5-2-3-6-14(13)9-10-18(22)25-12-17(21)19-15-7-4-8-16(11-15)20(23)24/h2-11H,12H2,1H3,(H,19,21)/b10-9+. The normalized spacial score (nSPS) is 10.4. The van der Waals surface area contributed by atoms with Crippen LogP contribution in [0, 0.1) is 17.0 Å². The van der Waals surface area contributed by atoms with Crippen LogP contribution in [0.4, 0.5) is 11.4 Å². The number of nitrogens with one attached hydrogen (secondary N) is 1. The average Bonchev–Trinajstić information content (AvgIpc) is 2.59. The lowest BCUT2D eigenvalue weighted by atomic mass is 10.1. The number of non-ortho nitro benzene ring substituents is 1. The Labute approximate surface area is 144 Å². The maximum absolute atomic E-state index is 11.7. The molecule has 0 fully saturated rings. The minimum atomic E-state index is -0.655. The Morgan fingerprint density at radius 1 is 1.20 bits per heavy atom. The van der Waals surface area contributed by atoms with E-state index in [1.54, 1.807) is 6.08 Å². The summed E-state index contributed by atoms with van der Waals surface area (Å²) < 4.78 is 4.84. The number of amides is 1. The van der Waals surface area contributed by atoms with Gasteiger partial charge in [-0.3, -0.25) is 14.9 Å². The van der Waals surface area contributed by atoms with Crippen molar-refractivity contribution in [1.29, 1.82) is 0 Å². The second kappa shape index (κ2) is 8.39. The SMILES string of the molecule is Cc1ccccc1/C=C/C(=O)OCC(=O)Nc1cccc([N+](=O)[O-])c1. The van der Waals surface area contributed by atoms with Crippen molar-refractivity contribution in [2.24, 2.45) is 0 Å². The van der Waals surface area contributed by atoms with Crippen LogP contribution in [0.3, 0.4) is 0 Å². The lowest BCUT2D eigenvalue weighted by Gasteiger charge is -2.05. The van der Waals surface area contributed by atoms with Crippen molar-refractivity contribution in [3.63, 3.8) is 0 Å². The smallest absolute Gasteiger partial charge is 0.331 e. The fraction of sp³-hybridized carbons (Fsp3) is 0.111. The van der Waals surface area contributed by atoms with Gasteiger partial charge in [-0.25, -0.2) is 4.79 Å².